The average molecular weight is 260 g/mol. The van der Waals surface area contributed by atoms with Crippen LogP contribution in [-0.2, 0) is 10.9 Å². The molecule has 1 aromatic rings. The second-order valence-electron chi connectivity index (χ2n) is 4.44. The molecule has 100 valence electrons. The van der Waals surface area contributed by atoms with Crippen molar-refractivity contribution < 1.29 is 22.6 Å². The van der Waals surface area contributed by atoms with Crippen LogP contribution in [0.5, 0.6) is 5.75 Å². The molecule has 1 atom stereocenters. The maximum atomic E-state index is 12.8. The van der Waals surface area contributed by atoms with Crippen LogP contribution in [0.25, 0.3) is 0 Å². The van der Waals surface area contributed by atoms with E-state index in [1.54, 1.807) is 13.0 Å². The van der Waals surface area contributed by atoms with Gasteiger partial charge in [-0.25, -0.2) is 0 Å². The van der Waals surface area contributed by atoms with Gasteiger partial charge in [0.1, 0.15) is 12.4 Å². The van der Waals surface area contributed by atoms with Crippen molar-refractivity contribution in [3.8, 4) is 5.75 Å². The van der Waals surface area contributed by atoms with Crippen LogP contribution in [0.3, 0.4) is 0 Å². The van der Waals surface area contributed by atoms with Gasteiger partial charge in [0, 0.05) is 6.61 Å². The lowest BCUT2D eigenvalue weighted by atomic mass is 10.1. The number of benzene rings is 1. The Bertz CT molecular complexity index is 409. The molecule has 0 bridgehead atoms. The third-order valence-corrected chi connectivity index (χ3v) is 2.89. The van der Waals surface area contributed by atoms with Crippen molar-refractivity contribution in [2.45, 2.75) is 32.0 Å². The first-order chi connectivity index (χ1) is 8.47. The van der Waals surface area contributed by atoms with E-state index < -0.39 is 11.7 Å². The zero-order valence-corrected chi connectivity index (χ0v) is 10.1. The first kappa shape index (κ1) is 13.2. The Hall–Kier alpha value is -1.23. The van der Waals surface area contributed by atoms with Gasteiger partial charge in [-0.3, -0.25) is 0 Å². The van der Waals surface area contributed by atoms with E-state index in [0.717, 1.165) is 18.9 Å². The van der Waals surface area contributed by atoms with Gasteiger partial charge in [0.2, 0.25) is 0 Å². The molecule has 1 unspecified atom stereocenters. The molecule has 1 fully saturated rings. The van der Waals surface area contributed by atoms with E-state index in [9.17, 15) is 13.2 Å². The Labute approximate surface area is 104 Å². The summed E-state index contributed by atoms with van der Waals surface area (Å²) in [5, 5.41) is 0. The summed E-state index contributed by atoms with van der Waals surface area (Å²) in [5.74, 6) is -0.122. The van der Waals surface area contributed by atoms with Crippen LogP contribution in [-0.4, -0.2) is 19.3 Å². The Morgan fingerprint density at radius 3 is 2.78 bits per heavy atom. The van der Waals surface area contributed by atoms with Gasteiger partial charge in [-0.1, -0.05) is 11.6 Å². The Morgan fingerprint density at radius 1 is 1.39 bits per heavy atom. The number of hydrogen-bond acceptors (Lipinski definition) is 2. The third kappa shape index (κ3) is 3.16. The summed E-state index contributed by atoms with van der Waals surface area (Å²) in [7, 11) is 0. The molecule has 1 heterocycles. The first-order valence-corrected chi connectivity index (χ1v) is 5.89. The van der Waals surface area contributed by atoms with Gasteiger partial charge < -0.3 is 9.47 Å². The molecule has 1 aliphatic rings. The van der Waals surface area contributed by atoms with Gasteiger partial charge in [-0.2, -0.15) is 13.2 Å². The highest BCUT2D eigenvalue weighted by molar-refractivity contribution is 5.38. The van der Waals surface area contributed by atoms with Crippen molar-refractivity contribution in [3.05, 3.63) is 29.3 Å². The molecule has 0 aromatic heterocycles. The van der Waals surface area contributed by atoms with Crippen LogP contribution in [0, 0.1) is 6.92 Å². The zero-order valence-electron chi connectivity index (χ0n) is 10.1. The Morgan fingerprint density at radius 2 is 2.17 bits per heavy atom. The summed E-state index contributed by atoms with van der Waals surface area (Å²) in [6, 6.07) is 4.08. The van der Waals surface area contributed by atoms with E-state index >= 15 is 0 Å². The first-order valence-electron chi connectivity index (χ1n) is 5.89. The average Bonchev–Trinajstić information content (AvgIpc) is 2.79. The fourth-order valence-electron chi connectivity index (χ4n) is 1.95. The molecule has 5 heteroatoms. The van der Waals surface area contributed by atoms with E-state index in [0.29, 0.717) is 12.2 Å². The van der Waals surface area contributed by atoms with Gasteiger partial charge in [0.05, 0.1) is 11.7 Å². The van der Waals surface area contributed by atoms with Crippen LogP contribution in [0.2, 0.25) is 0 Å². The highest BCUT2D eigenvalue weighted by Gasteiger charge is 2.34. The summed E-state index contributed by atoms with van der Waals surface area (Å²) in [5.41, 5.74) is -0.160. The largest absolute Gasteiger partial charge is 0.490 e. The molecule has 0 amide bonds. The molecule has 0 spiro atoms. The van der Waals surface area contributed by atoms with Crippen molar-refractivity contribution in [1.82, 2.24) is 0 Å². The molecule has 2 nitrogen and oxygen atoms in total. The van der Waals surface area contributed by atoms with Crippen LogP contribution in [0.15, 0.2) is 18.2 Å². The molecular weight excluding hydrogens is 245 g/mol. The number of rotatable bonds is 3. The summed E-state index contributed by atoms with van der Waals surface area (Å²) < 4.78 is 49.0. The zero-order chi connectivity index (χ0) is 13.2. The van der Waals surface area contributed by atoms with Gasteiger partial charge in [0.25, 0.3) is 0 Å². The van der Waals surface area contributed by atoms with Crippen molar-refractivity contribution in [2.75, 3.05) is 13.2 Å². The fourth-order valence-corrected chi connectivity index (χ4v) is 1.95. The van der Waals surface area contributed by atoms with Gasteiger partial charge in [-0.05, 0) is 31.9 Å². The van der Waals surface area contributed by atoms with Crippen LogP contribution in [0.4, 0.5) is 13.2 Å². The quantitative estimate of drug-likeness (QED) is 0.827. The number of ether oxygens (including phenoxy) is 2. The predicted octanol–water partition coefficient (Wildman–Crippen LogP) is 3.57. The Kier molecular flexibility index (Phi) is 3.80. The molecule has 2 rings (SSSR count). The van der Waals surface area contributed by atoms with E-state index in [2.05, 4.69) is 0 Å². The van der Waals surface area contributed by atoms with Crippen molar-refractivity contribution in [1.29, 1.82) is 0 Å². The maximum Gasteiger partial charge on any atom is 0.419 e. The molecule has 1 aromatic carbocycles. The second kappa shape index (κ2) is 5.18. The SMILES string of the molecule is Cc1ccc(OCC2CCCO2)c(C(F)(F)F)c1. The maximum absolute atomic E-state index is 12.8. The molecule has 1 saturated heterocycles. The molecule has 0 N–H and O–H groups in total. The molecule has 18 heavy (non-hydrogen) atoms. The highest BCUT2D eigenvalue weighted by Crippen LogP contribution is 2.37. The summed E-state index contributed by atoms with van der Waals surface area (Å²) in [4.78, 5) is 0. The lowest BCUT2D eigenvalue weighted by molar-refractivity contribution is -0.139. The lowest BCUT2D eigenvalue weighted by Gasteiger charge is -2.16. The summed E-state index contributed by atoms with van der Waals surface area (Å²) in [6.45, 7) is 2.46. The summed E-state index contributed by atoms with van der Waals surface area (Å²) >= 11 is 0. The molecule has 0 aliphatic carbocycles. The standard InChI is InChI=1S/C13H15F3O2/c1-9-4-5-12(11(7-9)13(14,15)16)18-8-10-3-2-6-17-10/h4-5,7,10H,2-3,6,8H2,1H3. The lowest BCUT2D eigenvalue weighted by Crippen LogP contribution is -2.18. The minimum absolute atomic E-state index is 0.0904. The van der Waals surface area contributed by atoms with Gasteiger partial charge in [-0.15, -0.1) is 0 Å². The van der Waals surface area contributed by atoms with E-state index in [1.807, 2.05) is 0 Å². The number of alkyl halides is 3. The number of aryl methyl sites for hydroxylation is 1. The smallest absolute Gasteiger partial charge is 0.419 e. The van der Waals surface area contributed by atoms with Crippen LogP contribution >= 0.6 is 0 Å². The highest BCUT2D eigenvalue weighted by atomic mass is 19.4. The van der Waals surface area contributed by atoms with Crippen molar-refractivity contribution >= 4 is 0 Å². The third-order valence-electron chi connectivity index (χ3n) is 2.89. The van der Waals surface area contributed by atoms with E-state index in [-0.39, 0.29) is 18.5 Å². The molecule has 1 aliphatic heterocycles. The number of hydrogen-bond donors (Lipinski definition) is 0. The fraction of sp³-hybridized carbons (Fsp3) is 0.538. The minimum atomic E-state index is -4.39. The van der Waals surface area contributed by atoms with E-state index in [4.69, 9.17) is 9.47 Å². The molecule has 0 radical (unpaired) electrons. The van der Waals surface area contributed by atoms with Crippen LogP contribution < -0.4 is 4.74 Å². The topological polar surface area (TPSA) is 18.5 Å². The second-order valence-corrected chi connectivity index (χ2v) is 4.44. The summed E-state index contributed by atoms with van der Waals surface area (Å²) in [6.07, 6.45) is -2.70. The van der Waals surface area contributed by atoms with Gasteiger partial charge in [0.15, 0.2) is 0 Å². The molecule has 0 saturated carbocycles. The monoisotopic (exact) mass is 260 g/mol. The molecular formula is C13H15F3O2. The van der Waals surface area contributed by atoms with Crippen LogP contribution in [0.1, 0.15) is 24.0 Å². The van der Waals surface area contributed by atoms with E-state index in [1.165, 1.54) is 6.07 Å². The Balaban J connectivity index is 2.11. The minimum Gasteiger partial charge on any atom is -0.490 e. The van der Waals surface area contributed by atoms with Crippen molar-refractivity contribution in [2.24, 2.45) is 0 Å². The number of halogens is 3. The van der Waals surface area contributed by atoms with Gasteiger partial charge >= 0.3 is 6.18 Å². The predicted molar refractivity (Wildman–Crippen MR) is 60.7 cm³/mol. The van der Waals surface area contributed by atoms with Crippen molar-refractivity contribution in [3.63, 3.8) is 0 Å². The normalized spacial score (nSPS) is 20.1.